The van der Waals surface area contributed by atoms with Crippen molar-refractivity contribution in [3.05, 3.63) is 29.3 Å². The summed E-state index contributed by atoms with van der Waals surface area (Å²) in [5.41, 5.74) is 5.32. The van der Waals surface area contributed by atoms with Crippen molar-refractivity contribution >= 4 is 23.0 Å². The molecule has 1 aliphatic rings. The number of hydrogen-bond acceptors (Lipinski definition) is 4. The van der Waals surface area contributed by atoms with Gasteiger partial charge < -0.3 is 0 Å². The van der Waals surface area contributed by atoms with Crippen molar-refractivity contribution in [3.8, 4) is 0 Å². The van der Waals surface area contributed by atoms with Gasteiger partial charge in [0.15, 0.2) is 0 Å². The van der Waals surface area contributed by atoms with Crippen LogP contribution in [0.1, 0.15) is 25.7 Å². The molecule has 0 bridgehead atoms. The molecule has 0 radical (unpaired) electrons. The molecule has 0 amide bonds. The normalized spacial score (nSPS) is 14.1. The summed E-state index contributed by atoms with van der Waals surface area (Å²) in [7, 11) is 0. The van der Waals surface area contributed by atoms with E-state index in [4.69, 9.17) is 11.6 Å². The lowest BCUT2D eigenvalue weighted by atomic mass is 10.3. The highest BCUT2D eigenvalue weighted by Gasteiger charge is 2.07. The maximum Gasteiger partial charge on any atom is 0.0562 e. The van der Waals surface area contributed by atoms with Crippen LogP contribution in [-0.2, 0) is 0 Å². The molecule has 0 saturated heterocycles. The van der Waals surface area contributed by atoms with Crippen LogP contribution in [0.2, 0.25) is 5.02 Å². The number of hydrazine groups is 1. The van der Waals surface area contributed by atoms with Crippen molar-refractivity contribution in [2.24, 2.45) is 16.8 Å². The van der Waals surface area contributed by atoms with Crippen LogP contribution in [0.4, 0.5) is 5.69 Å². The number of benzene rings is 1. The number of hydrazone groups is 1. The van der Waals surface area contributed by atoms with Crippen LogP contribution in [0.15, 0.2) is 29.4 Å². The van der Waals surface area contributed by atoms with E-state index in [0.29, 0.717) is 0 Å². The van der Waals surface area contributed by atoms with Gasteiger partial charge >= 0.3 is 0 Å². The van der Waals surface area contributed by atoms with E-state index in [2.05, 4.69) is 22.2 Å². The minimum absolute atomic E-state index is 0.754. The molecule has 0 aliphatic heterocycles. The molecule has 16 heavy (non-hydrogen) atoms. The van der Waals surface area contributed by atoms with E-state index in [1.807, 2.05) is 24.3 Å². The maximum atomic E-state index is 5.78. The largest absolute Gasteiger partial charge is 0.279 e. The molecule has 1 aromatic carbocycles. The Morgan fingerprint density at radius 3 is 2.19 bits per heavy atom. The number of nitrogens with zero attached hydrogens (tertiary/aromatic N) is 1. The van der Waals surface area contributed by atoms with E-state index < -0.39 is 0 Å². The van der Waals surface area contributed by atoms with Gasteiger partial charge in [-0.25, -0.2) is 0 Å². The lowest BCUT2D eigenvalue weighted by Gasteiger charge is -2.01. The van der Waals surface area contributed by atoms with Crippen molar-refractivity contribution in [3.63, 3.8) is 0 Å². The molecule has 1 aliphatic carbocycles. The predicted molar refractivity (Wildman–Crippen MR) is 69.4 cm³/mol. The Morgan fingerprint density at radius 1 is 1.06 bits per heavy atom. The summed E-state index contributed by atoms with van der Waals surface area (Å²) in [6.45, 7) is 0. The third-order valence-corrected chi connectivity index (χ3v) is 2.62. The average molecular weight is 241 g/mol. The van der Waals surface area contributed by atoms with Crippen molar-refractivity contribution in [1.29, 1.82) is 0 Å². The van der Waals surface area contributed by atoms with Crippen LogP contribution >= 0.6 is 11.6 Å². The van der Waals surface area contributed by atoms with Gasteiger partial charge in [0.2, 0.25) is 0 Å². The number of hydrogen-bond donors (Lipinski definition) is 3. The van der Waals surface area contributed by atoms with Gasteiger partial charge in [-0.3, -0.25) is 17.1 Å². The molecule has 4 nitrogen and oxygen atoms in total. The fourth-order valence-electron chi connectivity index (χ4n) is 1.56. The number of nitrogens with two attached hydrogens (primary N) is 2. The molecular formula is C11H17ClN4. The molecular weight excluding hydrogens is 224 g/mol. The highest BCUT2D eigenvalue weighted by Crippen LogP contribution is 2.16. The molecule has 1 fully saturated rings. The van der Waals surface area contributed by atoms with E-state index in [9.17, 15) is 0 Å². The number of anilines is 1. The zero-order valence-corrected chi connectivity index (χ0v) is 9.87. The Bertz CT molecular complexity index is 326. The van der Waals surface area contributed by atoms with E-state index in [1.165, 1.54) is 18.6 Å². The van der Waals surface area contributed by atoms with Crippen molar-refractivity contribution in [1.82, 2.24) is 0 Å². The van der Waals surface area contributed by atoms with Crippen molar-refractivity contribution in [2.45, 2.75) is 25.7 Å². The Labute approximate surface area is 101 Å². The highest BCUT2D eigenvalue weighted by molar-refractivity contribution is 6.30. The molecule has 0 atom stereocenters. The van der Waals surface area contributed by atoms with E-state index >= 15 is 0 Å². The van der Waals surface area contributed by atoms with E-state index in [1.54, 1.807) is 0 Å². The quantitative estimate of drug-likeness (QED) is 0.549. The van der Waals surface area contributed by atoms with Crippen molar-refractivity contribution < 1.29 is 0 Å². The summed E-state index contributed by atoms with van der Waals surface area (Å²) in [6.07, 6.45) is 4.84. The minimum Gasteiger partial charge on any atom is -0.279 e. The van der Waals surface area contributed by atoms with Gasteiger partial charge in [-0.1, -0.05) is 11.6 Å². The van der Waals surface area contributed by atoms with Gasteiger partial charge in [0.05, 0.1) is 5.69 Å². The van der Waals surface area contributed by atoms with Crippen LogP contribution < -0.4 is 17.1 Å². The molecule has 88 valence electrons. The van der Waals surface area contributed by atoms with Gasteiger partial charge in [0.25, 0.3) is 0 Å². The third kappa shape index (κ3) is 4.18. The zero-order valence-electron chi connectivity index (χ0n) is 9.12. The molecule has 2 rings (SSSR count). The van der Waals surface area contributed by atoms with Crippen LogP contribution in [0.3, 0.4) is 0 Å². The number of nitrogens with one attached hydrogen (secondary N) is 1. The number of rotatable bonds is 2. The molecule has 1 saturated carbocycles. The monoisotopic (exact) mass is 240 g/mol. The summed E-state index contributed by atoms with van der Waals surface area (Å²) in [5.74, 6) is 8.00. The standard InChI is InChI=1S/C11H13ClN2.H4N2/c12-9-5-7-11(8-6-9)14-13-10-3-1-2-4-10;1-2/h5-8,14H,1-4H2;1-2H2. The SMILES string of the molecule is Clc1ccc(NN=C2CCCC2)cc1.NN. The Morgan fingerprint density at radius 2 is 1.62 bits per heavy atom. The van der Waals surface area contributed by atoms with Crippen LogP contribution in [0.25, 0.3) is 0 Å². The first-order valence-corrected chi connectivity index (χ1v) is 5.63. The summed E-state index contributed by atoms with van der Waals surface area (Å²) in [5, 5.41) is 5.10. The van der Waals surface area contributed by atoms with E-state index in [-0.39, 0.29) is 0 Å². The van der Waals surface area contributed by atoms with Crippen LogP contribution in [-0.4, -0.2) is 5.71 Å². The highest BCUT2D eigenvalue weighted by atomic mass is 35.5. The second-order valence-corrected chi connectivity index (χ2v) is 3.94. The van der Waals surface area contributed by atoms with Gasteiger partial charge in [0, 0.05) is 10.7 Å². The summed E-state index contributed by atoms with van der Waals surface area (Å²) in [6, 6.07) is 7.58. The van der Waals surface area contributed by atoms with Crippen molar-refractivity contribution in [2.75, 3.05) is 5.43 Å². The number of halogens is 1. The first kappa shape index (κ1) is 13.0. The second-order valence-electron chi connectivity index (χ2n) is 3.50. The molecule has 1 aromatic rings. The fraction of sp³-hybridized carbons (Fsp3) is 0.364. The lowest BCUT2D eigenvalue weighted by molar-refractivity contribution is 0.886. The summed E-state index contributed by atoms with van der Waals surface area (Å²) in [4.78, 5) is 0. The van der Waals surface area contributed by atoms with Gasteiger partial charge in [-0.2, -0.15) is 5.10 Å². The molecule has 5 heteroatoms. The Balaban J connectivity index is 0.000000606. The minimum atomic E-state index is 0.754. The third-order valence-electron chi connectivity index (χ3n) is 2.37. The second kappa shape index (κ2) is 7.22. The van der Waals surface area contributed by atoms with Crippen LogP contribution in [0.5, 0.6) is 0 Å². The van der Waals surface area contributed by atoms with Gasteiger partial charge in [-0.05, 0) is 49.9 Å². The molecule has 5 N–H and O–H groups in total. The first-order chi connectivity index (χ1) is 7.84. The summed E-state index contributed by atoms with van der Waals surface area (Å²) < 4.78 is 0. The van der Waals surface area contributed by atoms with Crippen LogP contribution in [0, 0.1) is 0 Å². The molecule has 0 aromatic heterocycles. The maximum absolute atomic E-state index is 5.78. The zero-order chi connectivity index (χ0) is 11.8. The molecule has 0 spiro atoms. The Kier molecular flexibility index (Phi) is 5.85. The lowest BCUT2D eigenvalue weighted by Crippen LogP contribution is -2.02. The molecule has 0 heterocycles. The predicted octanol–water partition coefficient (Wildman–Crippen LogP) is 2.50. The first-order valence-electron chi connectivity index (χ1n) is 5.25. The summed E-state index contributed by atoms with van der Waals surface area (Å²) >= 11 is 5.78. The smallest absolute Gasteiger partial charge is 0.0562 e. The Hall–Kier alpha value is -1.10. The van der Waals surface area contributed by atoms with E-state index in [0.717, 1.165) is 23.6 Å². The fourth-order valence-corrected chi connectivity index (χ4v) is 1.69. The molecule has 0 unspecified atom stereocenters. The van der Waals surface area contributed by atoms with Gasteiger partial charge in [0.1, 0.15) is 0 Å². The topological polar surface area (TPSA) is 76.4 Å². The van der Waals surface area contributed by atoms with Gasteiger partial charge in [-0.15, -0.1) is 0 Å². The average Bonchev–Trinajstić information content (AvgIpc) is 2.84.